The minimum Gasteiger partial charge on any atom is -0.294 e. The Bertz CT molecular complexity index is 630. The summed E-state index contributed by atoms with van der Waals surface area (Å²) in [5, 5.41) is 4.39. The normalized spacial score (nSPS) is 11.7. The molecule has 0 aliphatic rings. The van der Waals surface area contributed by atoms with Crippen LogP contribution in [0.25, 0.3) is 0 Å². The minimum absolute atomic E-state index is 0.111. The Labute approximate surface area is 127 Å². The van der Waals surface area contributed by atoms with Crippen LogP contribution in [-0.2, 0) is 25.3 Å². The number of Topliss-reactive ketones (excluding diaryl/α,β-unsaturated/α-hetero) is 1. The van der Waals surface area contributed by atoms with E-state index in [0.29, 0.717) is 6.42 Å². The van der Waals surface area contributed by atoms with Crippen LogP contribution in [0.5, 0.6) is 0 Å². The van der Waals surface area contributed by atoms with Crippen molar-refractivity contribution in [3.8, 4) is 0 Å². The van der Waals surface area contributed by atoms with Crippen molar-refractivity contribution in [2.24, 2.45) is 7.05 Å². The highest BCUT2D eigenvalue weighted by Crippen LogP contribution is 2.22. The molecule has 0 spiro atoms. The largest absolute Gasteiger partial charge is 0.294 e. The second kappa shape index (κ2) is 5.84. The Balaban J connectivity index is 2.15. The van der Waals surface area contributed by atoms with Gasteiger partial charge >= 0.3 is 0 Å². The van der Waals surface area contributed by atoms with Gasteiger partial charge in [0.1, 0.15) is 0 Å². The van der Waals surface area contributed by atoms with Gasteiger partial charge in [0.05, 0.1) is 12.1 Å². The zero-order valence-electron chi connectivity index (χ0n) is 13.6. The van der Waals surface area contributed by atoms with Gasteiger partial charge in [0.2, 0.25) is 0 Å². The molecule has 0 aliphatic carbocycles. The molecule has 3 heteroatoms. The molecule has 1 aromatic carbocycles. The molecule has 2 rings (SSSR count). The van der Waals surface area contributed by atoms with Crippen LogP contribution in [0.3, 0.4) is 0 Å². The third-order valence-electron chi connectivity index (χ3n) is 3.80. The number of hydrogen-bond donors (Lipinski definition) is 0. The van der Waals surface area contributed by atoms with Crippen molar-refractivity contribution >= 4 is 5.78 Å². The molecule has 0 N–H and O–H groups in total. The molecule has 0 amide bonds. The van der Waals surface area contributed by atoms with Crippen molar-refractivity contribution in [3.05, 3.63) is 52.8 Å². The Morgan fingerprint density at radius 3 is 2.29 bits per heavy atom. The fourth-order valence-corrected chi connectivity index (χ4v) is 2.33. The summed E-state index contributed by atoms with van der Waals surface area (Å²) in [6.45, 7) is 8.59. The highest BCUT2D eigenvalue weighted by atomic mass is 16.1. The molecule has 0 bridgehead atoms. The smallest absolute Gasteiger partial charge is 0.168 e. The summed E-state index contributed by atoms with van der Waals surface area (Å²) in [7, 11) is 1.89. The van der Waals surface area contributed by atoms with E-state index >= 15 is 0 Å². The Morgan fingerprint density at radius 1 is 1.19 bits per heavy atom. The zero-order valence-corrected chi connectivity index (χ0v) is 13.6. The maximum atomic E-state index is 12.4. The number of rotatable bonds is 4. The Morgan fingerprint density at radius 2 is 1.81 bits per heavy atom. The number of benzene rings is 1. The molecular weight excluding hydrogens is 260 g/mol. The van der Waals surface area contributed by atoms with E-state index in [9.17, 15) is 4.79 Å². The van der Waals surface area contributed by atoms with E-state index in [-0.39, 0.29) is 11.2 Å². The van der Waals surface area contributed by atoms with Crippen LogP contribution >= 0.6 is 0 Å². The first-order valence-electron chi connectivity index (χ1n) is 7.47. The summed E-state index contributed by atoms with van der Waals surface area (Å²) in [6.07, 6.45) is 1.29. The van der Waals surface area contributed by atoms with Gasteiger partial charge in [-0.1, -0.05) is 52.0 Å². The molecule has 0 saturated heterocycles. The van der Waals surface area contributed by atoms with E-state index in [1.165, 1.54) is 5.56 Å². The van der Waals surface area contributed by atoms with E-state index in [4.69, 9.17) is 0 Å². The SMILES string of the molecule is CCc1cc(CC(=O)c2ccc(C(C)(C)C)cc2)n(C)n1. The van der Waals surface area contributed by atoms with Crippen LogP contribution in [0.1, 0.15) is 55.0 Å². The second-order valence-electron chi connectivity index (χ2n) is 6.53. The summed E-state index contributed by atoms with van der Waals surface area (Å²) in [6, 6.07) is 9.98. The van der Waals surface area contributed by atoms with Crippen LogP contribution < -0.4 is 0 Å². The first-order chi connectivity index (χ1) is 9.81. The van der Waals surface area contributed by atoms with Gasteiger partial charge in [-0.15, -0.1) is 0 Å². The third kappa shape index (κ3) is 3.60. The summed E-state index contributed by atoms with van der Waals surface area (Å²) < 4.78 is 1.81. The van der Waals surface area contributed by atoms with Crippen LogP contribution in [0, 0.1) is 0 Å². The lowest BCUT2D eigenvalue weighted by atomic mass is 9.86. The number of aryl methyl sites for hydroxylation is 2. The molecule has 0 aliphatic heterocycles. The fraction of sp³-hybridized carbons (Fsp3) is 0.444. The van der Waals surface area contributed by atoms with Gasteiger partial charge < -0.3 is 0 Å². The molecule has 2 aromatic rings. The first-order valence-corrected chi connectivity index (χ1v) is 7.47. The topological polar surface area (TPSA) is 34.9 Å². The van der Waals surface area contributed by atoms with Gasteiger partial charge in [-0.2, -0.15) is 5.10 Å². The zero-order chi connectivity index (χ0) is 15.6. The number of ketones is 1. The van der Waals surface area contributed by atoms with Crippen LogP contribution in [0.15, 0.2) is 30.3 Å². The van der Waals surface area contributed by atoms with Crippen LogP contribution in [0.2, 0.25) is 0 Å². The summed E-state index contributed by atoms with van der Waals surface area (Å²) in [4.78, 5) is 12.4. The van der Waals surface area contributed by atoms with Gasteiger partial charge in [-0.05, 0) is 23.5 Å². The molecule has 0 atom stereocenters. The second-order valence-corrected chi connectivity index (χ2v) is 6.53. The molecule has 0 radical (unpaired) electrons. The minimum atomic E-state index is 0.111. The van der Waals surface area contributed by atoms with Crippen molar-refractivity contribution in [1.82, 2.24) is 9.78 Å². The summed E-state index contributed by atoms with van der Waals surface area (Å²) >= 11 is 0. The quantitative estimate of drug-likeness (QED) is 0.802. The molecule has 0 saturated carbocycles. The standard InChI is InChI=1S/C18H24N2O/c1-6-15-11-16(20(5)19-15)12-17(21)13-7-9-14(10-8-13)18(2,3)4/h7-11H,6,12H2,1-5H3. The van der Waals surface area contributed by atoms with E-state index in [1.807, 2.05) is 37.4 Å². The highest BCUT2D eigenvalue weighted by molar-refractivity contribution is 5.97. The predicted octanol–water partition coefficient (Wildman–Crippen LogP) is 3.71. The lowest BCUT2D eigenvalue weighted by molar-refractivity contribution is 0.0990. The molecule has 0 unspecified atom stereocenters. The third-order valence-corrected chi connectivity index (χ3v) is 3.80. The molecule has 1 aromatic heterocycles. The van der Waals surface area contributed by atoms with E-state index in [2.05, 4.69) is 32.8 Å². The fourth-order valence-electron chi connectivity index (χ4n) is 2.33. The van der Waals surface area contributed by atoms with Crippen LogP contribution in [-0.4, -0.2) is 15.6 Å². The Hall–Kier alpha value is -1.90. The van der Waals surface area contributed by atoms with Gasteiger partial charge in [0, 0.05) is 18.3 Å². The number of nitrogens with zero attached hydrogens (tertiary/aromatic N) is 2. The number of hydrogen-bond acceptors (Lipinski definition) is 2. The van der Waals surface area contributed by atoms with Gasteiger partial charge in [0.15, 0.2) is 5.78 Å². The first kappa shape index (κ1) is 15.5. The average molecular weight is 284 g/mol. The van der Waals surface area contributed by atoms with Crippen molar-refractivity contribution in [3.63, 3.8) is 0 Å². The lowest BCUT2D eigenvalue weighted by Gasteiger charge is -2.18. The number of aromatic nitrogens is 2. The Kier molecular flexibility index (Phi) is 4.31. The maximum Gasteiger partial charge on any atom is 0.168 e. The van der Waals surface area contributed by atoms with E-state index in [1.54, 1.807) is 4.68 Å². The number of carbonyl (C=O) groups is 1. The predicted molar refractivity (Wildman–Crippen MR) is 85.8 cm³/mol. The van der Waals surface area contributed by atoms with Gasteiger partial charge in [0.25, 0.3) is 0 Å². The van der Waals surface area contributed by atoms with Crippen molar-refractivity contribution in [2.75, 3.05) is 0 Å². The van der Waals surface area contributed by atoms with Gasteiger partial charge in [-0.25, -0.2) is 0 Å². The molecule has 21 heavy (non-hydrogen) atoms. The maximum absolute atomic E-state index is 12.4. The highest BCUT2D eigenvalue weighted by Gasteiger charge is 2.15. The molecule has 3 nitrogen and oxygen atoms in total. The van der Waals surface area contributed by atoms with Crippen molar-refractivity contribution in [1.29, 1.82) is 0 Å². The number of carbonyl (C=O) groups excluding carboxylic acids is 1. The van der Waals surface area contributed by atoms with Gasteiger partial charge in [-0.3, -0.25) is 9.48 Å². The summed E-state index contributed by atoms with van der Waals surface area (Å²) in [5.74, 6) is 0.140. The monoisotopic (exact) mass is 284 g/mol. The lowest BCUT2D eigenvalue weighted by Crippen LogP contribution is -2.12. The van der Waals surface area contributed by atoms with E-state index < -0.39 is 0 Å². The van der Waals surface area contributed by atoms with Crippen molar-refractivity contribution < 1.29 is 4.79 Å². The van der Waals surface area contributed by atoms with Crippen molar-refractivity contribution in [2.45, 2.75) is 46.0 Å². The average Bonchev–Trinajstić information content (AvgIpc) is 2.78. The molecule has 112 valence electrons. The molecule has 0 fully saturated rings. The van der Waals surface area contributed by atoms with E-state index in [0.717, 1.165) is 23.4 Å². The molecular formula is C18H24N2O. The van der Waals surface area contributed by atoms with Crippen LogP contribution in [0.4, 0.5) is 0 Å². The molecule has 1 heterocycles. The summed E-state index contributed by atoms with van der Waals surface area (Å²) in [5.41, 5.74) is 4.12.